The molecule has 142 valence electrons. The van der Waals surface area contributed by atoms with Gasteiger partial charge in [-0.3, -0.25) is 10.4 Å². The summed E-state index contributed by atoms with van der Waals surface area (Å²) in [5, 5.41) is 14.9. The molecular weight excluding hydrogens is 332 g/mol. The minimum absolute atomic E-state index is 0.440. The van der Waals surface area contributed by atoms with Gasteiger partial charge >= 0.3 is 5.97 Å². The Hall–Kier alpha value is -2.93. The summed E-state index contributed by atoms with van der Waals surface area (Å²) in [6, 6.07) is 5.16. The van der Waals surface area contributed by atoms with Crippen LogP contribution in [0.25, 0.3) is 6.08 Å². The molecule has 1 rings (SSSR count). The molecule has 7 nitrogen and oxygen atoms in total. The molecule has 0 spiro atoms. The fraction of sp³-hybridized carbons (Fsp3) is 0.316. The van der Waals surface area contributed by atoms with Crippen LogP contribution < -0.4 is 16.2 Å². The number of aliphatic imine (C=N–C) groups is 1. The zero-order valence-corrected chi connectivity index (χ0v) is 15.1. The van der Waals surface area contributed by atoms with Gasteiger partial charge in [0.1, 0.15) is 11.8 Å². The highest BCUT2D eigenvalue weighted by Gasteiger charge is 2.13. The number of nitrogens with zero attached hydrogens (tertiary/aromatic N) is 1. The van der Waals surface area contributed by atoms with E-state index in [0.717, 1.165) is 29.6 Å². The molecule has 0 heterocycles. The van der Waals surface area contributed by atoms with Gasteiger partial charge in [-0.1, -0.05) is 18.2 Å². The van der Waals surface area contributed by atoms with Crippen molar-refractivity contribution in [1.82, 2.24) is 0 Å². The lowest BCUT2D eigenvalue weighted by Crippen LogP contribution is -2.19. The SMILES string of the molecule is C=CCc1ccc(/C=C/C=NC(CCCN)C(=O)O)c(OC)c1.N=CN. The van der Waals surface area contributed by atoms with Gasteiger partial charge in [0.15, 0.2) is 0 Å². The molecule has 0 aliphatic carbocycles. The Morgan fingerprint density at radius 1 is 1.50 bits per heavy atom. The lowest BCUT2D eigenvalue weighted by molar-refractivity contribution is -0.138. The zero-order valence-electron chi connectivity index (χ0n) is 15.1. The van der Waals surface area contributed by atoms with Crippen LogP contribution in [0.3, 0.4) is 0 Å². The van der Waals surface area contributed by atoms with E-state index in [0.29, 0.717) is 19.4 Å². The smallest absolute Gasteiger partial charge is 0.328 e. The van der Waals surface area contributed by atoms with E-state index in [1.165, 1.54) is 6.21 Å². The first-order chi connectivity index (χ1) is 12.5. The maximum absolute atomic E-state index is 11.1. The van der Waals surface area contributed by atoms with Gasteiger partial charge in [0.25, 0.3) is 0 Å². The molecule has 0 saturated heterocycles. The molecule has 26 heavy (non-hydrogen) atoms. The van der Waals surface area contributed by atoms with E-state index in [1.807, 2.05) is 30.4 Å². The summed E-state index contributed by atoms with van der Waals surface area (Å²) in [4.78, 5) is 15.1. The lowest BCUT2D eigenvalue weighted by Gasteiger charge is -2.07. The van der Waals surface area contributed by atoms with Crippen LogP contribution in [0.15, 0.2) is 41.9 Å². The van der Waals surface area contributed by atoms with Gasteiger partial charge in [-0.2, -0.15) is 0 Å². The summed E-state index contributed by atoms with van der Waals surface area (Å²) in [7, 11) is 1.62. The van der Waals surface area contributed by atoms with Gasteiger partial charge in [0.2, 0.25) is 0 Å². The number of methoxy groups -OCH3 is 1. The number of ether oxygens (including phenoxy) is 1. The van der Waals surface area contributed by atoms with Gasteiger partial charge in [-0.05, 0) is 49.6 Å². The van der Waals surface area contributed by atoms with Gasteiger partial charge in [0, 0.05) is 11.8 Å². The van der Waals surface area contributed by atoms with Crippen molar-refractivity contribution in [3.63, 3.8) is 0 Å². The average molecular weight is 360 g/mol. The molecule has 0 fully saturated rings. The third-order valence-corrected chi connectivity index (χ3v) is 3.27. The number of carbonyl (C=O) groups is 1. The molecule has 0 aliphatic heterocycles. The number of carboxylic acids is 1. The van der Waals surface area contributed by atoms with Crippen LogP contribution in [-0.4, -0.2) is 43.3 Å². The van der Waals surface area contributed by atoms with E-state index in [9.17, 15) is 4.79 Å². The van der Waals surface area contributed by atoms with Crippen molar-refractivity contribution in [2.75, 3.05) is 13.7 Å². The number of nitrogens with two attached hydrogens (primary N) is 2. The Kier molecular flexibility index (Phi) is 12.8. The predicted molar refractivity (Wildman–Crippen MR) is 107 cm³/mol. The minimum atomic E-state index is -0.936. The van der Waals surface area contributed by atoms with E-state index in [-0.39, 0.29) is 0 Å². The van der Waals surface area contributed by atoms with Crippen molar-refractivity contribution >= 4 is 24.6 Å². The summed E-state index contributed by atoms with van der Waals surface area (Å²) in [6.07, 6.45) is 9.50. The first-order valence-corrected chi connectivity index (χ1v) is 8.15. The maximum Gasteiger partial charge on any atom is 0.328 e. The first-order valence-electron chi connectivity index (χ1n) is 8.15. The molecule has 1 unspecified atom stereocenters. The van der Waals surface area contributed by atoms with Crippen molar-refractivity contribution in [3.05, 3.63) is 48.1 Å². The molecule has 0 aliphatic rings. The van der Waals surface area contributed by atoms with Crippen LogP contribution in [0.4, 0.5) is 0 Å². The Bertz CT molecular complexity index is 627. The van der Waals surface area contributed by atoms with E-state index in [1.54, 1.807) is 13.2 Å². The van der Waals surface area contributed by atoms with Crippen LogP contribution in [0.5, 0.6) is 5.75 Å². The normalized spacial score (nSPS) is 11.6. The molecule has 1 atom stereocenters. The molecule has 0 aromatic heterocycles. The van der Waals surface area contributed by atoms with Gasteiger partial charge in [-0.25, -0.2) is 4.79 Å². The van der Waals surface area contributed by atoms with Crippen molar-refractivity contribution in [2.45, 2.75) is 25.3 Å². The molecular formula is C19H28N4O3. The minimum Gasteiger partial charge on any atom is -0.496 e. The second-order valence-corrected chi connectivity index (χ2v) is 5.18. The van der Waals surface area contributed by atoms with Crippen LogP contribution >= 0.6 is 0 Å². The lowest BCUT2D eigenvalue weighted by atomic mass is 10.1. The molecule has 7 heteroatoms. The first kappa shape index (κ1) is 23.1. The highest BCUT2D eigenvalue weighted by atomic mass is 16.5. The molecule has 1 aromatic carbocycles. The Balaban J connectivity index is 0.00000194. The van der Waals surface area contributed by atoms with Crippen molar-refractivity contribution in [3.8, 4) is 5.75 Å². The quantitative estimate of drug-likeness (QED) is 0.288. The van der Waals surface area contributed by atoms with Gasteiger partial charge in [-0.15, -0.1) is 6.58 Å². The number of rotatable bonds is 10. The molecule has 0 saturated carbocycles. The monoisotopic (exact) mass is 360 g/mol. The van der Waals surface area contributed by atoms with Gasteiger partial charge in [0.05, 0.1) is 13.4 Å². The Morgan fingerprint density at radius 2 is 2.19 bits per heavy atom. The second-order valence-electron chi connectivity index (χ2n) is 5.18. The van der Waals surface area contributed by atoms with E-state index in [2.05, 4.69) is 17.3 Å². The number of carboxylic acid groups (broad SMARTS) is 1. The fourth-order valence-corrected chi connectivity index (χ4v) is 2.06. The van der Waals surface area contributed by atoms with Gasteiger partial charge < -0.3 is 21.3 Å². The van der Waals surface area contributed by atoms with Crippen molar-refractivity contribution in [1.29, 1.82) is 5.41 Å². The van der Waals surface area contributed by atoms with Crippen LogP contribution in [-0.2, 0) is 11.2 Å². The van der Waals surface area contributed by atoms with E-state index >= 15 is 0 Å². The van der Waals surface area contributed by atoms with Crippen molar-refractivity contribution < 1.29 is 14.6 Å². The molecule has 0 radical (unpaired) electrons. The third kappa shape index (κ3) is 9.39. The highest BCUT2D eigenvalue weighted by Crippen LogP contribution is 2.22. The van der Waals surface area contributed by atoms with E-state index in [4.69, 9.17) is 21.0 Å². The largest absolute Gasteiger partial charge is 0.496 e. The van der Waals surface area contributed by atoms with Crippen LogP contribution in [0.2, 0.25) is 0 Å². The second kappa shape index (κ2) is 14.4. The number of aliphatic carboxylic acids is 1. The number of nitrogens with one attached hydrogen (secondary N) is 1. The summed E-state index contributed by atoms with van der Waals surface area (Å²) >= 11 is 0. The number of hydrogen-bond donors (Lipinski definition) is 4. The highest BCUT2D eigenvalue weighted by molar-refractivity contribution is 5.82. The summed E-state index contributed by atoms with van der Waals surface area (Å²) < 4.78 is 5.36. The molecule has 0 bridgehead atoms. The number of benzene rings is 1. The fourth-order valence-electron chi connectivity index (χ4n) is 2.06. The van der Waals surface area contributed by atoms with Crippen LogP contribution in [0.1, 0.15) is 24.0 Å². The van der Waals surface area contributed by atoms with E-state index < -0.39 is 12.0 Å². The zero-order chi connectivity index (χ0) is 19.8. The molecule has 6 N–H and O–H groups in total. The third-order valence-electron chi connectivity index (χ3n) is 3.27. The molecule has 0 amide bonds. The van der Waals surface area contributed by atoms with Crippen LogP contribution in [0, 0.1) is 5.41 Å². The predicted octanol–water partition coefficient (Wildman–Crippen LogP) is 2.25. The molecule has 1 aromatic rings. The Labute approximate surface area is 154 Å². The number of allylic oxidation sites excluding steroid dienone is 2. The summed E-state index contributed by atoms with van der Waals surface area (Å²) in [5.74, 6) is -0.179. The Morgan fingerprint density at radius 3 is 2.73 bits per heavy atom. The number of hydrogen-bond acceptors (Lipinski definition) is 5. The summed E-state index contributed by atoms with van der Waals surface area (Å²) in [6.45, 7) is 4.18. The maximum atomic E-state index is 11.1. The average Bonchev–Trinajstić information content (AvgIpc) is 2.62. The summed E-state index contributed by atoms with van der Waals surface area (Å²) in [5.41, 5.74) is 11.8. The topological polar surface area (TPSA) is 135 Å². The standard InChI is InChI=1S/C18H24N2O3.CH4N2/c1-3-6-14-9-10-15(17(13-14)23-2)7-5-12-20-16(18(21)22)8-4-11-19;2-1-3/h3,5,7,9-10,12-13,16H,1,4,6,8,11,19H2,2H3,(H,21,22);1H,(H3,2,3)/b7-5+,20-12?;. The van der Waals surface area contributed by atoms with Crippen molar-refractivity contribution in [2.24, 2.45) is 16.5 Å².